The van der Waals surface area contributed by atoms with Gasteiger partial charge in [-0.3, -0.25) is 0 Å². The number of halogens is 2. The monoisotopic (exact) mass is 274 g/mol. The van der Waals surface area contributed by atoms with Crippen molar-refractivity contribution in [3.8, 4) is 0 Å². The molecule has 2 nitrogen and oxygen atoms in total. The Bertz CT molecular complexity index is 328. The predicted octanol–water partition coefficient (Wildman–Crippen LogP) is 2.98. The molecule has 0 heterocycles. The second-order valence-corrected chi connectivity index (χ2v) is 4.71. The van der Waals surface area contributed by atoms with Crippen LogP contribution in [0.1, 0.15) is 13.8 Å². The number of nitrogens with two attached hydrogens (primary N) is 1. The van der Waals surface area contributed by atoms with E-state index in [1.165, 1.54) is 6.07 Å². The first-order valence-corrected chi connectivity index (χ1v) is 5.75. The van der Waals surface area contributed by atoms with Crippen LogP contribution in [0.4, 0.5) is 10.1 Å². The molecule has 0 saturated heterocycles. The van der Waals surface area contributed by atoms with Crippen molar-refractivity contribution in [1.29, 1.82) is 0 Å². The lowest BCUT2D eigenvalue weighted by Gasteiger charge is -2.21. The molecule has 0 fully saturated rings. The van der Waals surface area contributed by atoms with Crippen molar-refractivity contribution < 1.29 is 4.39 Å². The van der Waals surface area contributed by atoms with Gasteiger partial charge in [0.15, 0.2) is 0 Å². The van der Waals surface area contributed by atoms with Crippen LogP contribution in [0.15, 0.2) is 22.7 Å². The lowest BCUT2D eigenvalue weighted by Crippen LogP contribution is -2.33. The Morgan fingerprint density at radius 1 is 1.47 bits per heavy atom. The number of anilines is 1. The molecular weight excluding hydrogens is 259 g/mol. The van der Waals surface area contributed by atoms with Gasteiger partial charge in [-0.25, -0.2) is 4.39 Å². The van der Waals surface area contributed by atoms with Crippen molar-refractivity contribution in [2.75, 3.05) is 11.9 Å². The zero-order valence-corrected chi connectivity index (χ0v) is 10.5. The number of hydrogen-bond donors (Lipinski definition) is 2. The average Bonchev–Trinajstić information content (AvgIpc) is 2.19. The molecule has 84 valence electrons. The van der Waals surface area contributed by atoms with Crippen molar-refractivity contribution in [3.05, 3.63) is 28.5 Å². The molecule has 0 bridgehead atoms. The Hall–Kier alpha value is -0.610. The summed E-state index contributed by atoms with van der Waals surface area (Å²) in [5.41, 5.74) is 6.52. The van der Waals surface area contributed by atoms with Crippen LogP contribution in [0.2, 0.25) is 0 Å². The molecule has 15 heavy (non-hydrogen) atoms. The first kappa shape index (κ1) is 12.5. The predicted molar refractivity (Wildman–Crippen MR) is 65.4 cm³/mol. The second-order valence-electron chi connectivity index (χ2n) is 3.86. The van der Waals surface area contributed by atoms with Gasteiger partial charge in [-0.05, 0) is 40.0 Å². The summed E-state index contributed by atoms with van der Waals surface area (Å²) >= 11 is 3.15. The Morgan fingerprint density at radius 2 is 2.13 bits per heavy atom. The molecule has 4 heteroatoms. The number of nitrogens with one attached hydrogen (secondary N) is 1. The molecule has 0 aliphatic rings. The van der Waals surface area contributed by atoms with Gasteiger partial charge >= 0.3 is 0 Å². The maximum Gasteiger partial charge on any atom is 0.137 e. The fourth-order valence-corrected chi connectivity index (χ4v) is 1.68. The SMILES string of the molecule is CC(C)C(CN)Nc1ccc(F)c(Br)c1. The topological polar surface area (TPSA) is 38.0 Å². The summed E-state index contributed by atoms with van der Waals surface area (Å²) in [6, 6.07) is 5.08. The molecule has 1 unspecified atom stereocenters. The smallest absolute Gasteiger partial charge is 0.137 e. The van der Waals surface area contributed by atoms with Crippen LogP contribution >= 0.6 is 15.9 Å². The molecule has 0 saturated carbocycles. The highest BCUT2D eigenvalue weighted by Gasteiger charge is 2.11. The second kappa shape index (κ2) is 5.47. The van der Waals surface area contributed by atoms with E-state index in [0.717, 1.165) is 5.69 Å². The van der Waals surface area contributed by atoms with E-state index in [2.05, 4.69) is 35.1 Å². The van der Waals surface area contributed by atoms with Crippen LogP contribution in [0.5, 0.6) is 0 Å². The Morgan fingerprint density at radius 3 is 2.60 bits per heavy atom. The summed E-state index contributed by atoms with van der Waals surface area (Å²) < 4.78 is 13.4. The average molecular weight is 275 g/mol. The van der Waals surface area contributed by atoms with E-state index >= 15 is 0 Å². The molecule has 0 aromatic heterocycles. The quantitative estimate of drug-likeness (QED) is 0.886. The summed E-state index contributed by atoms with van der Waals surface area (Å²) in [6.07, 6.45) is 0. The van der Waals surface area contributed by atoms with E-state index in [1.807, 2.05) is 0 Å². The van der Waals surface area contributed by atoms with Gasteiger partial charge in [-0.15, -0.1) is 0 Å². The van der Waals surface area contributed by atoms with E-state index in [9.17, 15) is 4.39 Å². The van der Waals surface area contributed by atoms with Gasteiger partial charge in [-0.1, -0.05) is 13.8 Å². The van der Waals surface area contributed by atoms with Crippen LogP contribution in [0.25, 0.3) is 0 Å². The molecule has 1 atom stereocenters. The minimum absolute atomic E-state index is 0.211. The summed E-state index contributed by atoms with van der Waals surface area (Å²) in [5.74, 6) is 0.188. The lowest BCUT2D eigenvalue weighted by molar-refractivity contribution is 0.531. The van der Waals surface area contributed by atoms with Crippen molar-refractivity contribution >= 4 is 21.6 Å². The van der Waals surface area contributed by atoms with E-state index < -0.39 is 0 Å². The minimum Gasteiger partial charge on any atom is -0.381 e. The van der Waals surface area contributed by atoms with Crippen LogP contribution in [-0.2, 0) is 0 Å². The molecule has 0 amide bonds. The summed E-state index contributed by atoms with van der Waals surface area (Å²) in [5, 5.41) is 3.27. The van der Waals surface area contributed by atoms with Crippen molar-refractivity contribution in [2.45, 2.75) is 19.9 Å². The number of benzene rings is 1. The largest absolute Gasteiger partial charge is 0.381 e. The fourth-order valence-electron chi connectivity index (χ4n) is 1.30. The minimum atomic E-state index is -0.255. The molecule has 0 spiro atoms. The van der Waals surface area contributed by atoms with Crippen LogP contribution in [0, 0.1) is 11.7 Å². The molecule has 1 aromatic rings. The summed E-state index contributed by atoms with van der Waals surface area (Å²) in [7, 11) is 0. The normalized spacial score (nSPS) is 12.9. The zero-order valence-electron chi connectivity index (χ0n) is 8.93. The fraction of sp³-hybridized carbons (Fsp3) is 0.455. The first-order valence-electron chi connectivity index (χ1n) is 4.96. The molecule has 3 N–H and O–H groups in total. The number of rotatable bonds is 4. The standard InChI is InChI=1S/C11H16BrFN2/c1-7(2)11(6-14)15-8-3-4-10(13)9(12)5-8/h3-5,7,11,15H,6,14H2,1-2H3. The van der Waals surface area contributed by atoms with Gasteiger partial charge in [0.05, 0.1) is 4.47 Å². The molecule has 1 aromatic carbocycles. The van der Waals surface area contributed by atoms with Crippen LogP contribution < -0.4 is 11.1 Å². The van der Waals surface area contributed by atoms with Crippen LogP contribution in [0.3, 0.4) is 0 Å². The van der Waals surface area contributed by atoms with E-state index in [-0.39, 0.29) is 11.9 Å². The first-order chi connectivity index (χ1) is 7.04. The van der Waals surface area contributed by atoms with Gasteiger partial charge in [0.25, 0.3) is 0 Å². The molecule has 0 radical (unpaired) electrons. The third-order valence-electron chi connectivity index (χ3n) is 2.33. The van der Waals surface area contributed by atoms with Crippen molar-refractivity contribution in [2.24, 2.45) is 11.7 Å². The maximum absolute atomic E-state index is 13.0. The van der Waals surface area contributed by atoms with Crippen molar-refractivity contribution in [3.63, 3.8) is 0 Å². The Balaban J connectivity index is 2.75. The van der Waals surface area contributed by atoms with E-state index in [0.29, 0.717) is 16.9 Å². The van der Waals surface area contributed by atoms with E-state index in [1.54, 1.807) is 12.1 Å². The third-order valence-corrected chi connectivity index (χ3v) is 2.94. The van der Waals surface area contributed by atoms with Gasteiger partial charge in [-0.2, -0.15) is 0 Å². The summed E-state index contributed by atoms with van der Waals surface area (Å²) in [4.78, 5) is 0. The highest BCUT2D eigenvalue weighted by atomic mass is 79.9. The lowest BCUT2D eigenvalue weighted by atomic mass is 10.0. The zero-order chi connectivity index (χ0) is 11.4. The van der Waals surface area contributed by atoms with Crippen LogP contribution in [-0.4, -0.2) is 12.6 Å². The number of hydrogen-bond acceptors (Lipinski definition) is 2. The van der Waals surface area contributed by atoms with Gasteiger partial charge in [0, 0.05) is 18.3 Å². The Kier molecular flexibility index (Phi) is 4.54. The Labute approximate surface area is 98.2 Å². The van der Waals surface area contributed by atoms with Gasteiger partial charge in [0.1, 0.15) is 5.82 Å². The molecule has 0 aliphatic heterocycles. The highest BCUT2D eigenvalue weighted by Crippen LogP contribution is 2.21. The van der Waals surface area contributed by atoms with Gasteiger partial charge in [0.2, 0.25) is 0 Å². The molecule has 0 aliphatic carbocycles. The molecule has 1 rings (SSSR count). The van der Waals surface area contributed by atoms with E-state index in [4.69, 9.17) is 5.73 Å². The van der Waals surface area contributed by atoms with Crippen molar-refractivity contribution in [1.82, 2.24) is 0 Å². The summed E-state index contributed by atoms with van der Waals surface area (Å²) in [6.45, 7) is 4.76. The highest BCUT2D eigenvalue weighted by molar-refractivity contribution is 9.10. The van der Waals surface area contributed by atoms with Gasteiger partial charge < -0.3 is 11.1 Å². The maximum atomic E-state index is 13.0. The third kappa shape index (κ3) is 3.47. The molecular formula is C11H16BrFN2.